The number of aromatic nitrogens is 2. The molecule has 150 valence electrons. The van der Waals surface area contributed by atoms with Gasteiger partial charge >= 0.3 is 0 Å². The number of rotatable bonds is 7. The molecular formula is C22H23N3O3S. The first-order valence-corrected chi connectivity index (χ1v) is 10.4. The van der Waals surface area contributed by atoms with Crippen LogP contribution >= 0.6 is 11.8 Å². The number of carbonyl (C=O) groups excluding carboxylic acids is 2. The van der Waals surface area contributed by atoms with Crippen LogP contribution in [0, 0.1) is 0 Å². The molecule has 1 heterocycles. The van der Waals surface area contributed by atoms with E-state index in [2.05, 4.69) is 10.3 Å². The number of hydrogen-bond acceptors (Lipinski definition) is 5. The molecule has 0 aliphatic carbocycles. The van der Waals surface area contributed by atoms with Crippen LogP contribution < -0.4 is 10.9 Å². The molecule has 2 aromatic carbocycles. The lowest BCUT2D eigenvalue weighted by atomic mass is 10.1. The molecular weight excluding hydrogens is 386 g/mol. The van der Waals surface area contributed by atoms with Crippen molar-refractivity contribution in [2.75, 3.05) is 5.32 Å². The Morgan fingerprint density at radius 1 is 1.17 bits per heavy atom. The fourth-order valence-electron chi connectivity index (χ4n) is 2.93. The number of hydrogen-bond donors (Lipinski definition) is 1. The van der Waals surface area contributed by atoms with Crippen molar-refractivity contribution in [2.24, 2.45) is 0 Å². The normalized spacial score (nSPS) is 12.0. The summed E-state index contributed by atoms with van der Waals surface area (Å²) in [4.78, 5) is 41.7. The van der Waals surface area contributed by atoms with Gasteiger partial charge < -0.3 is 5.32 Å². The summed E-state index contributed by atoms with van der Waals surface area (Å²) in [5, 5.41) is 3.45. The van der Waals surface area contributed by atoms with E-state index in [1.807, 2.05) is 19.1 Å². The van der Waals surface area contributed by atoms with E-state index in [0.717, 1.165) is 6.42 Å². The van der Waals surface area contributed by atoms with Gasteiger partial charge in [-0.05, 0) is 44.5 Å². The van der Waals surface area contributed by atoms with Crippen molar-refractivity contribution in [1.82, 2.24) is 9.55 Å². The Hall–Kier alpha value is -2.93. The smallest absolute Gasteiger partial charge is 0.262 e. The number of para-hydroxylation sites is 1. The van der Waals surface area contributed by atoms with Gasteiger partial charge in [-0.1, -0.05) is 43.0 Å². The largest absolute Gasteiger partial charge is 0.325 e. The number of anilines is 1. The molecule has 0 saturated carbocycles. The van der Waals surface area contributed by atoms with Crippen LogP contribution in [0.3, 0.4) is 0 Å². The van der Waals surface area contributed by atoms with Crippen LogP contribution in [0.15, 0.2) is 58.5 Å². The highest BCUT2D eigenvalue weighted by Crippen LogP contribution is 2.24. The third-order valence-electron chi connectivity index (χ3n) is 4.46. The van der Waals surface area contributed by atoms with Crippen molar-refractivity contribution < 1.29 is 9.59 Å². The van der Waals surface area contributed by atoms with E-state index in [1.165, 1.54) is 18.7 Å². The molecule has 1 aromatic heterocycles. The maximum atomic E-state index is 12.9. The molecule has 1 amide bonds. The summed E-state index contributed by atoms with van der Waals surface area (Å²) in [7, 11) is 0. The van der Waals surface area contributed by atoms with Crippen molar-refractivity contribution in [2.45, 2.75) is 44.1 Å². The van der Waals surface area contributed by atoms with Gasteiger partial charge in [0, 0.05) is 17.8 Å². The van der Waals surface area contributed by atoms with Gasteiger partial charge in [0.2, 0.25) is 5.91 Å². The molecule has 0 aliphatic heterocycles. The van der Waals surface area contributed by atoms with E-state index in [1.54, 1.807) is 47.9 Å². The van der Waals surface area contributed by atoms with E-state index >= 15 is 0 Å². The molecule has 1 atom stereocenters. The summed E-state index contributed by atoms with van der Waals surface area (Å²) in [6.45, 7) is 5.78. The van der Waals surface area contributed by atoms with Gasteiger partial charge in [0.25, 0.3) is 5.56 Å². The van der Waals surface area contributed by atoms with Crippen LogP contribution in [0.5, 0.6) is 0 Å². The van der Waals surface area contributed by atoms with Crippen molar-refractivity contribution in [3.63, 3.8) is 0 Å². The molecule has 0 fully saturated rings. The lowest BCUT2D eigenvalue weighted by Gasteiger charge is -2.16. The quantitative estimate of drug-likeness (QED) is 0.360. The number of amides is 1. The molecule has 1 N–H and O–H groups in total. The topological polar surface area (TPSA) is 81.1 Å². The zero-order valence-corrected chi connectivity index (χ0v) is 17.5. The second-order valence-electron chi connectivity index (χ2n) is 6.75. The Morgan fingerprint density at radius 2 is 1.93 bits per heavy atom. The molecule has 3 rings (SSSR count). The average molecular weight is 410 g/mol. The van der Waals surface area contributed by atoms with E-state index in [4.69, 9.17) is 0 Å². The summed E-state index contributed by atoms with van der Waals surface area (Å²) in [6.07, 6.45) is 0.784. The molecule has 6 nitrogen and oxygen atoms in total. The van der Waals surface area contributed by atoms with Crippen LogP contribution in [0.2, 0.25) is 0 Å². The predicted octanol–water partition coefficient (Wildman–Crippen LogP) is 4.13. The first-order chi connectivity index (χ1) is 13.9. The summed E-state index contributed by atoms with van der Waals surface area (Å²) in [5.41, 5.74) is 1.62. The number of benzene rings is 2. The highest BCUT2D eigenvalue weighted by atomic mass is 32.2. The van der Waals surface area contributed by atoms with E-state index in [9.17, 15) is 14.4 Å². The Labute approximate surface area is 173 Å². The molecule has 0 radical (unpaired) electrons. The summed E-state index contributed by atoms with van der Waals surface area (Å²) in [6, 6.07) is 14.1. The van der Waals surface area contributed by atoms with Gasteiger partial charge in [0.1, 0.15) is 0 Å². The SMILES string of the molecule is CCCn1c(S[C@H](C)C(=O)Nc2cccc(C(C)=O)c2)nc2ccccc2c1=O. The van der Waals surface area contributed by atoms with Crippen LogP contribution in [0.25, 0.3) is 10.9 Å². The molecule has 0 bridgehead atoms. The monoisotopic (exact) mass is 409 g/mol. The number of Topliss-reactive ketones (excluding diaryl/α,β-unsaturated/α-hetero) is 1. The number of carbonyl (C=O) groups is 2. The van der Waals surface area contributed by atoms with Crippen molar-refractivity contribution >= 4 is 40.0 Å². The zero-order valence-electron chi connectivity index (χ0n) is 16.6. The minimum atomic E-state index is -0.479. The first-order valence-electron chi connectivity index (χ1n) is 9.48. The number of ketones is 1. The third-order valence-corrected chi connectivity index (χ3v) is 5.55. The zero-order chi connectivity index (χ0) is 21.0. The number of nitrogens with zero attached hydrogens (tertiary/aromatic N) is 2. The molecule has 3 aromatic rings. The summed E-state index contributed by atoms with van der Waals surface area (Å²) < 4.78 is 1.63. The van der Waals surface area contributed by atoms with E-state index < -0.39 is 5.25 Å². The first kappa shape index (κ1) is 20.8. The van der Waals surface area contributed by atoms with Gasteiger partial charge in [-0.2, -0.15) is 0 Å². The number of fused-ring (bicyclic) bond motifs is 1. The van der Waals surface area contributed by atoms with Gasteiger partial charge in [0.05, 0.1) is 16.2 Å². The number of nitrogens with one attached hydrogen (secondary N) is 1. The minimum Gasteiger partial charge on any atom is -0.325 e. The molecule has 7 heteroatoms. The van der Waals surface area contributed by atoms with E-state index in [0.29, 0.717) is 33.9 Å². The van der Waals surface area contributed by atoms with Gasteiger partial charge in [-0.15, -0.1) is 0 Å². The lowest BCUT2D eigenvalue weighted by Crippen LogP contribution is -2.27. The van der Waals surface area contributed by atoms with Crippen LogP contribution in [0.4, 0.5) is 5.69 Å². The fraction of sp³-hybridized carbons (Fsp3) is 0.273. The Morgan fingerprint density at radius 3 is 2.66 bits per heavy atom. The highest BCUT2D eigenvalue weighted by Gasteiger charge is 2.19. The molecule has 0 unspecified atom stereocenters. The second-order valence-corrected chi connectivity index (χ2v) is 8.06. The van der Waals surface area contributed by atoms with Crippen LogP contribution in [-0.2, 0) is 11.3 Å². The standard InChI is InChI=1S/C22H23N3O3S/c1-4-12-25-21(28)18-10-5-6-11-19(18)24-22(25)29-15(3)20(27)23-17-9-7-8-16(13-17)14(2)26/h5-11,13,15H,4,12H2,1-3H3,(H,23,27)/t15-/m1/s1. The predicted molar refractivity (Wildman–Crippen MR) is 117 cm³/mol. The molecule has 0 aliphatic rings. The van der Waals surface area contributed by atoms with Crippen molar-refractivity contribution in [1.29, 1.82) is 0 Å². The second kappa shape index (κ2) is 9.05. The summed E-state index contributed by atoms with van der Waals surface area (Å²) in [5.74, 6) is -0.284. The Bertz CT molecular complexity index is 1120. The van der Waals surface area contributed by atoms with Gasteiger partial charge in [-0.3, -0.25) is 19.0 Å². The molecule has 29 heavy (non-hydrogen) atoms. The van der Waals surface area contributed by atoms with E-state index in [-0.39, 0.29) is 17.2 Å². The maximum absolute atomic E-state index is 12.9. The minimum absolute atomic E-state index is 0.0625. The average Bonchev–Trinajstić information content (AvgIpc) is 2.71. The molecule has 0 saturated heterocycles. The highest BCUT2D eigenvalue weighted by molar-refractivity contribution is 8.00. The Kier molecular flexibility index (Phi) is 6.49. The number of thioether (sulfide) groups is 1. The summed E-state index contributed by atoms with van der Waals surface area (Å²) >= 11 is 1.25. The fourth-order valence-corrected chi connectivity index (χ4v) is 3.86. The maximum Gasteiger partial charge on any atom is 0.262 e. The van der Waals surface area contributed by atoms with Crippen LogP contribution in [0.1, 0.15) is 37.6 Å². The lowest BCUT2D eigenvalue weighted by molar-refractivity contribution is -0.115. The van der Waals surface area contributed by atoms with Gasteiger partial charge in [-0.25, -0.2) is 4.98 Å². The van der Waals surface area contributed by atoms with Gasteiger partial charge in [0.15, 0.2) is 10.9 Å². The molecule has 0 spiro atoms. The van der Waals surface area contributed by atoms with Crippen molar-refractivity contribution in [3.8, 4) is 0 Å². The van der Waals surface area contributed by atoms with Crippen LogP contribution in [-0.4, -0.2) is 26.5 Å². The van der Waals surface area contributed by atoms with Crippen molar-refractivity contribution in [3.05, 3.63) is 64.4 Å². The Balaban J connectivity index is 1.85. The third kappa shape index (κ3) is 4.74.